The Morgan fingerprint density at radius 1 is 0.269 bits per heavy atom. The molecule has 0 heterocycles. The Balaban J connectivity index is 5.43. The van der Waals surface area contributed by atoms with Gasteiger partial charge in [0.1, 0.15) is 19.3 Å². The molecule has 19 heteroatoms. The highest BCUT2D eigenvalue weighted by atomic mass is 31.2. The van der Waals surface area contributed by atoms with E-state index in [1.807, 2.05) is 0 Å². The molecule has 0 spiro atoms. The smallest absolute Gasteiger partial charge is 0.462 e. The lowest BCUT2D eigenvalue weighted by Crippen LogP contribution is -2.30. The molecule has 0 bridgehead atoms. The molecule has 17 nitrogen and oxygen atoms in total. The van der Waals surface area contributed by atoms with Gasteiger partial charge in [-0.15, -0.1) is 0 Å². The van der Waals surface area contributed by atoms with Gasteiger partial charge in [-0.25, -0.2) is 9.13 Å². The van der Waals surface area contributed by atoms with E-state index in [1.165, 1.54) is 38.5 Å². The fraction of sp³-hybridized carbons (Fsp3) is 0.685. The number of carbonyl (C=O) groups excluding carboxylic acids is 4. The molecule has 0 aliphatic rings. The number of aliphatic hydroxyl groups is 1. The summed E-state index contributed by atoms with van der Waals surface area (Å²) in [6.45, 7) is 4.56. The van der Waals surface area contributed by atoms with Crippen molar-refractivity contribution < 1.29 is 80.2 Å². The third kappa shape index (κ3) is 79.0. The first-order valence-corrected chi connectivity index (χ1v) is 45.1. The molecule has 5 unspecified atom stereocenters. The van der Waals surface area contributed by atoms with Gasteiger partial charge in [0, 0.05) is 25.7 Å². The molecule has 0 aromatic rings. The maximum absolute atomic E-state index is 13.1. The summed E-state index contributed by atoms with van der Waals surface area (Å²) in [6.07, 6.45) is 92.3. The van der Waals surface area contributed by atoms with Crippen LogP contribution in [0.15, 0.2) is 146 Å². The predicted octanol–water partition coefficient (Wildman–Crippen LogP) is 25.0. The second-order valence-corrected chi connectivity index (χ2v) is 30.6. The molecule has 3 N–H and O–H groups in total. The number of hydrogen-bond donors (Lipinski definition) is 3. The third-order valence-electron chi connectivity index (χ3n) is 17.3. The molecule has 0 aromatic carbocycles. The van der Waals surface area contributed by atoms with E-state index >= 15 is 0 Å². The highest BCUT2D eigenvalue weighted by Gasteiger charge is 2.30. The van der Waals surface area contributed by atoms with Gasteiger partial charge < -0.3 is 33.8 Å². The van der Waals surface area contributed by atoms with Crippen molar-refractivity contribution in [1.82, 2.24) is 0 Å². The molecule has 108 heavy (non-hydrogen) atoms. The third-order valence-corrected chi connectivity index (χ3v) is 19.2. The Morgan fingerprint density at radius 2 is 0.481 bits per heavy atom. The minimum absolute atomic E-state index is 0.0598. The van der Waals surface area contributed by atoms with Crippen molar-refractivity contribution in [2.75, 3.05) is 39.6 Å². The van der Waals surface area contributed by atoms with Gasteiger partial charge in [0.25, 0.3) is 0 Å². The van der Waals surface area contributed by atoms with Crippen LogP contribution in [0.2, 0.25) is 0 Å². The average molecular weight is 1550 g/mol. The van der Waals surface area contributed by atoms with Crippen molar-refractivity contribution in [1.29, 1.82) is 0 Å². The van der Waals surface area contributed by atoms with Gasteiger partial charge in [0.05, 0.1) is 26.4 Å². The lowest BCUT2D eigenvalue weighted by Gasteiger charge is -2.21. The van der Waals surface area contributed by atoms with Gasteiger partial charge in [-0.3, -0.25) is 37.3 Å². The van der Waals surface area contributed by atoms with Crippen LogP contribution in [0.4, 0.5) is 0 Å². The molecular formula is C89H150O17P2. The maximum atomic E-state index is 13.1. The van der Waals surface area contributed by atoms with Gasteiger partial charge >= 0.3 is 39.5 Å². The van der Waals surface area contributed by atoms with E-state index < -0.39 is 97.5 Å². The zero-order valence-electron chi connectivity index (χ0n) is 67.7. The number of phosphoric acid groups is 2. The Bertz CT molecular complexity index is 2610. The summed E-state index contributed by atoms with van der Waals surface area (Å²) in [5, 5.41) is 10.7. The van der Waals surface area contributed by atoms with Crippen LogP contribution in [0.25, 0.3) is 0 Å². The standard InChI is InChI=1S/C89H150O17P2/c1-5-9-13-17-21-25-29-33-37-40-41-44-47-50-54-58-62-66-70-74-87(92)100-80-85(106-89(94)76-72-68-64-60-56-52-48-43-39-35-31-27-23-19-15-11-7-3)82-104-108(97,98)102-78-83(90)77-101-107(95,96)103-81-84(105-88(93)75-71-67-63-59-55-51-45-36-32-28-24-20-16-12-8-4)79-99-86(91)73-69-65-61-57-53-49-46-42-38-34-30-26-22-18-14-10-6-2/h10-11,14-15,21-28,33-39,41,44-45,48,52,83-85,90H,5-9,12-13,16-20,29-32,40,42-43,46-47,49-51,53-82H2,1-4H3,(H,95,96)(H,97,98)/b14-10-,15-11-,25-21-,26-22-,27-23-,28-24-,37-33-,38-34-,39-35-,44-41-,45-36-,52-48-. The summed E-state index contributed by atoms with van der Waals surface area (Å²) in [7, 11) is -9.99. The predicted molar refractivity (Wildman–Crippen MR) is 445 cm³/mol. The van der Waals surface area contributed by atoms with Crippen LogP contribution >= 0.6 is 15.6 Å². The molecule has 0 saturated carbocycles. The number of unbranched alkanes of at least 4 members (excludes halogenated alkanes) is 28. The largest absolute Gasteiger partial charge is 0.472 e. The number of rotatable bonds is 78. The first kappa shape index (κ1) is 103. The van der Waals surface area contributed by atoms with Crippen molar-refractivity contribution in [3.05, 3.63) is 146 Å². The van der Waals surface area contributed by atoms with Gasteiger partial charge in [-0.2, -0.15) is 0 Å². The van der Waals surface area contributed by atoms with Crippen LogP contribution < -0.4 is 0 Å². The lowest BCUT2D eigenvalue weighted by atomic mass is 10.1. The molecule has 618 valence electrons. The molecule has 0 aliphatic heterocycles. The number of aliphatic hydroxyl groups excluding tert-OH is 1. The Labute approximate surface area is 656 Å². The van der Waals surface area contributed by atoms with E-state index in [-0.39, 0.29) is 25.7 Å². The summed E-state index contributed by atoms with van der Waals surface area (Å²) in [4.78, 5) is 73.2. The van der Waals surface area contributed by atoms with Gasteiger partial charge in [-0.05, 0) is 167 Å². The number of phosphoric ester groups is 2. The Kier molecular flexibility index (Phi) is 76.3. The maximum Gasteiger partial charge on any atom is 0.472 e. The number of esters is 4. The van der Waals surface area contributed by atoms with Crippen LogP contribution in [0, 0.1) is 0 Å². The first-order valence-electron chi connectivity index (χ1n) is 42.1. The molecule has 0 aliphatic carbocycles. The molecule has 0 fully saturated rings. The molecule has 0 amide bonds. The van der Waals surface area contributed by atoms with E-state index in [2.05, 4.69) is 174 Å². The van der Waals surface area contributed by atoms with Crippen LogP contribution in [-0.4, -0.2) is 96.7 Å². The second kappa shape index (κ2) is 80.0. The first-order chi connectivity index (χ1) is 52.7. The van der Waals surface area contributed by atoms with Crippen LogP contribution in [-0.2, 0) is 65.4 Å². The summed E-state index contributed by atoms with van der Waals surface area (Å²) < 4.78 is 68.8. The highest BCUT2D eigenvalue weighted by molar-refractivity contribution is 7.47. The summed E-state index contributed by atoms with van der Waals surface area (Å²) in [5.74, 6) is -2.24. The van der Waals surface area contributed by atoms with Gasteiger partial charge in [-0.1, -0.05) is 289 Å². The summed E-state index contributed by atoms with van der Waals surface area (Å²) >= 11 is 0. The minimum atomic E-state index is -5.00. The van der Waals surface area contributed by atoms with Crippen molar-refractivity contribution in [2.45, 2.75) is 354 Å². The quantitative estimate of drug-likeness (QED) is 0.0169. The normalized spacial score (nSPS) is 14.5. The van der Waals surface area contributed by atoms with E-state index in [0.717, 1.165) is 218 Å². The number of hydrogen-bond acceptors (Lipinski definition) is 15. The number of carbonyl (C=O) groups is 4. The average Bonchev–Trinajstić information content (AvgIpc) is 0.900. The van der Waals surface area contributed by atoms with E-state index in [0.29, 0.717) is 25.7 Å². The second-order valence-electron chi connectivity index (χ2n) is 27.6. The summed E-state index contributed by atoms with van der Waals surface area (Å²) in [6, 6.07) is 0. The Morgan fingerprint density at radius 3 is 0.741 bits per heavy atom. The van der Waals surface area contributed by atoms with Crippen LogP contribution in [0.5, 0.6) is 0 Å². The molecule has 0 rings (SSSR count). The highest BCUT2D eigenvalue weighted by Crippen LogP contribution is 2.45. The lowest BCUT2D eigenvalue weighted by molar-refractivity contribution is -0.161. The fourth-order valence-corrected chi connectivity index (χ4v) is 12.5. The van der Waals surface area contributed by atoms with Crippen molar-refractivity contribution in [2.24, 2.45) is 0 Å². The molecule has 0 saturated heterocycles. The van der Waals surface area contributed by atoms with Gasteiger partial charge in [0.2, 0.25) is 0 Å². The van der Waals surface area contributed by atoms with E-state index in [1.54, 1.807) is 0 Å². The zero-order valence-corrected chi connectivity index (χ0v) is 69.5. The molecular weight excluding hydrogens is 1400 g/mol. The van der Waals surface area contributed by atoms with Gasteiger partial charge in [0.15, 0.2) is 12.2 Å². The topological polar surface area (TPSA) is 237 Å². The van der Waals surface area contributed by atoms with E-state index in [9.17, 15) is 43.2 Å². The number of allylic oxidation sites excluding steroid dienone is 24. The van der Waals surface area contributed by atoms with Crippen LogP contribution in [0.3, 0.4) is 0 Å². The minimum Gasteiger partial charge on any atom is -0.462 e. The SMILES string of the molecule is CC/C=C\C/C=C\C/C=C\C/C=C\CCCCCCC(=O)OC(COC(=O)CCCCCCCC/C=C\C/C=C\C/C=C\CCCCC)COP(=O)(O)OCC(O)COP(=O)(O)OCC(COC(=O)CCCCCCCCC/C=C\C/C=C\C/C=C\CC)OC(=O)CCCCCCC/C=C\C/C=C\CCCCC. The molecule has 0 radical (unpaired) electrons. The van der Waals surface area contributed by atoms with Crippen molar-refractivity contribution in [3.8, 4) is 0 Å². The number of ether oxygens (including phenoxy) is 4. The Hall–Kier alpha value is -5.06. The van der Waals surface area contributed by atoms with E-state index in [4.69, 9.17) is 37.0 Å². The fourth-order valence-electron chi connectivity index (χ4n) is 10.9. The van der Waals surface area contributed by atoms with Crippen molar-refractivity contribution >= 4 is 39.5 Å². The zero-order chi connectivity index (χ0) is 78.9. The molecule has 0 aromatic heterocycles. The monoisotopic (exact) mass is 1550 g/mol. The summed E-state index contributed by atoms with van der Waals surface area (Å²) in [5.41, 5.74) is 0. The van der Waals surface area contributed by atoms with Crippen molar-refractivity contribution in [3.63, 3.8) is 0 Å². The molecule has 5 atom stereocenters. The van der Waals surface area contributed by atoms with Crippen LogP contribution in [0.1, 0.15) is 336 Å².